The molecule has 1 heterocycles. The van der Waals surface area contributed by atoms with Gasteiger partial charge >= 0.3 is 0 Å². The van der Waals surface area contributed by atoms with Gasteiger partial charge in [0.1, 0.15) is 0 Å². The highest BCUT2D eigenvalue weighted by atomic mass is 16.3. The predicted molar refractivity (Wildman–Crippen MR) is 82.7 cm³/mol. The van der Waals surface area contributed by atoms with Crippen molar-refractivity contribution < 1.29 is 5.11 Å². The largest absolute Gasteiger partial charge is 0.394 e. The first-order valence-corrected chi connectivity index (χ1v) is 7.63. The average molecular weight is 272 g/mol. The zero-order valence-electron chi connectivity index (χ0n) is 12.2. The van der Waals surface area contributed by atoms with Gasteiger partial charge in [-0.3, -0.25) is 0 Å². The molecule has 1 aromatic heterocycles. The first-order valence-electron chi connectivity index (χ1n) is 7.63. The summed E-state index contributed by atoms with van der Waals surface area (Å²) in [5, 5.41) is 14.7. The molecule has 1 fully saturated rings. The smallest absolute Gasteiger partial charge is 0.0613 e. The zero-order chi connectivity index (χ0) is 14.0. The van der Waals surface area contributed by atoms with Crippen LogP contribution in [0.2, 0.25) is 0 Å². The van der Waals surface area contributed by atoms with Crippen LogP contribution in [0.25, 0.3) is 10.9 Å². The van der Waals surface area contributed by atoms with Crippen LogP contribution in [0.1, 0.15) is 37.7 Å². The lowest BCUT2D eigenvalue weighted by Gasteiger charge is -2.36. The number of para-hydroxylation sites is 1. The van der Waals surface area contributed by atoms with Crippen LogP contribution in [0.3, 0.4) is 0 Å². The molecule has 108 valence electrons. The van der Waals surface area contributed by atoms with Gasteiger partial charge < -0.3 is 15.0 Å². The number of aryl methyl sites for hydroxylation is 1. The second-order valence-electron chi connectivity index (χ2n) is 6.14. The summed E-state index contributed by atoms with van der Waals surface area (Å²) in [5.74, 6) is 0. The normalized spacial score (nSPS) is 18.5. The number of nitrogens with zero attached hydrogens (tertiary/aromatic N) is 1. The molecular weight excluding hydrogens is 248 g/mol. The summed E-state index contributed by atoms with van der Waals surface area (Å²) < 4.78 is 2.18. The van der Waals surface area contributed by atoms with Gasteiger partial charge in [0.2, 0.25) is 0 Å². The van der Waals surface area contributed by atoms with Gasteiger partial charge in [-0.1, -0.05) is 37.5 Å². The van der Waals surface area contributed by atoms with E-state index in [4.69, 9.17) is 0 Å². The Hall–Kier alpha value is -1.32. The van der Waals surface area contributed by atoms with Gasteiger partial charge in [0.15, 0.2) is 0 Å². The molecule has 2 N–H and O–H groups in total. The summed E-state index contributed by atoms with van der Waals surface area (Å²) in [5.41, 5.74) is 2.53. The minimum absolute atomic E-state index is 0.0603. The fourth-order valence-electron chi connectivity index (χ4n) is 3.47. The van der Waals surface area contributed by atoms with Gasteiger partial charge in [-0.25, -0.2) is 0 Å². The van der Waals surface area contributed by atoms with E-state index >= 15 is 0 Å². The van der Waals surface area contributed by atoms with Crippen LogP contribution in [0.5, 0.6) is 0 Å². The molecule has 1 aliphatic carbocycles. The van der Waals surface area contributed by atoms with E-state index in [0.717, 1.165) is 19.4 Å². The Bertz CT molecular complexity index is 582. The van der Waals surface area contributed by atoms with E-state index in [1.54, 1.807) is 0 Å². The van der Waals surface area contributed by atoms with Crippen molar-refractivity contribution in [1.82, 2.24) is 9.88 Å². The van der Waals surface area contributed by atoms with Gasteiger partial charge in [-0.05, 0) is 24.5 Å². The van der Waals surface area contributed by atoms with E-state index in [-0.39, 0.29) is 12.1 Å². The molecule has 0 aliphatic heterocycles. The fraction of sp³-hybridized carbons (Fsp3) is 0.529. The maximum Gasteiger partial charge on any atom is 0.0613 e. The third-order valence-electron chi connectivity index (χ3n) is 4.75. The first kappa shape index (κ1) is 13.7. The molecule has 3 heteroatoms. The maximum atomic E-state index is 9.77. The Morgan fingerprint density at radius 3 is 2.70 bits per heavy atom. The molecule has 0 unspecified atom stereocenters. The highest BCUT2D eigenvalue weighted by Crippen LogP contribution is 2.29. The number of aliphatic hydroxyl groups is 1. The van der Waals surface area contributed by atoms with Crippen LogP contribution >= 0.6 is 0 Å². The van der Waals surface area contributed by atoms with Crippen molar-refractivity contribution in [1.29, 1.82) is 0 Å². The SMILES string of the molecule is Cn1cc(CNC2(CO)CCCCC2)c2ccccc21. The molecule has 1 aliphatic rings. The van der Waals surface area contributed by atoms with E-state index in [1.807, 2.05) is 0 Å². The van der Waals surface area contributed by atoms with E-state index in [2.05, 4.69) is 47.4 Å². The van der Waals surface area contributed by atoms with Crippen molar-refractivity contribution in [2.45, 2.75) is 44.2 Å². The average Bonchev–Trinajstić information content (AvgIpc) is 2.83. The third kappa shape index (κ3) is 2.48. The van der Waals surface area contributed by atoms with Crippen molar-refractivity contribution in [3.8, 4) is 0 Å². The number of hydrogen-bond donors (Lipinski definition) is 2. The summed E-state index contributed by atoms with van der Waals surface area (Å²) in [4.78, 5) is 0. The Kier molecular flexibility index (Phi) is 3.81. The zero-order valence-corrected chi connectivity index (χ0v) is 12.2. The van der Waals surface area contributed by atoms with Crippen LogP contribution < -0.4 is 5.32 Å². The molecule has 0 atom stereocenters. The quantitative estimate of drug-likeness (QED) is 0.898. The summed E-state index contributed by atoms with van der Waals surface area (Å²) in [6, 6.07) is 8.50. The third-order valence-corrected chi connectivity index (χ3v) is 4.75. The van der Waals surface area contributed by atoms with Crippen molar-refractivity contribution >= 4 is 10.9 Å². The van der Waals surface area contributed by atoms with Gasteiger partial charge in [0.05, 0.1) is 6.61 Å². The highest BCUT2D eigenvalue weighted by molar-refractivity contribution is 5.83. The summed E-state index contributed by atoms with van der Waals surface area (Å²) in [7, 11) is 2.09. The molecule has 0 saturated heterocycles. The van der Waals surface area contributed by atoms with Crippen LogP contribution in [0, 0.1) is 0 Å². The minimum Gasteiger partial charge on any atom is -0.394 e. The number of aliphatic hydroxyl groups excluding tert-OH is 1. The predicted octanol–water partition coefficient (Wildman–Crippen LogP) is 2.96. The van der Waals surface area contributed by atoms with Crippen molar-refractivity contribution in [2.24, 2.45) is 7.05 Å². The maximum absolute atomic E-state index is 9.77. The van der Waals surface area contributed by atoms with Gasteiger partial charge in [0.25, 0.3) is 0 Å². The van der Waals surface area contributed by atoms with Gasteiger partial charge in [0, 0.05) is 36.2 Å². The molecule has 3 nitrogen and oxygen atoms in total. The Labute approximate surface area is 120 Å². The van der Waals surface area contributed by atoms with Crippen molar-refractivity contribution in [3.63, 3.8) is 0 Å². The van der Waals surface area contributed by atoms with Gasteiger partial charge in [-0.2, -0.15) is 0 Å². The Morgan fingerprint density at radius 1 is 1.20 bits per heavy atom. The van der Waals surface area contributed by atoms with E-state index in [1.165, 1.54) is 35.7 Å². The molecule has 3 rings (SSSR count). The standard InChI is InChI=1S/C17H24N2O/c1-19-12-14(15-7-3-4-8-16(15)19)11-18-17(13-20)9-5-2-6-10-17/h3-4,7-8,12,18,20H,2,5-6,9-11,13H2,1H3. The summed E-state index contributed by atoms with van der Waals surface area (Å²) in [6.45, 7) is 1.08. The lowest BCUT2D eigenvalue weighted by atomic mass is 9.82. The molecule has 0 amide bonds. The molecule has 1 saturated carbocycles. The molecular formula is C17H24N2O. The molecule has 1 aromatic carbocycles. The molecule has 20 heavy (non-hydrogen) atoms. The first-order chi connectivity index (χ1) is 9.74. The van der Waals surface area contributed by atoms with Crippen molar-refractivity contribution in [3.05, 3.63) is 36.0 Å². The van der Waals surface area contributed by atoms with E-state index in [9.17, 15) is 5.11 Å². The lowest BCUT2D eigenvalue weighted by molar-refractivity contribution is 0.119. The fourth-order valence-corrected chi connectivity index (χ4v) is 3.47. The Balaban J connectivity index is 1.79. The van der Waals surface area contributed by atoms with Crippen LogP contribution in [0.15, 0.2) is 30.5 Å². The number of aromatic nitrogens is 1. The molecule has 0 spiro atoms. The van der Waals surface area contributed by atoms with Crippen LogP contribution in [-0.4, -0.2) is 21.8 Å². The highest BCUT2D eigenvalue weighted by Gasteiger charge is 2.30. The molecule has 2 aromatic rings. The number of hydrogen-bond acceptors (Lipinski definition) is 2. The number of nitrogens with one attached hydrogen (secondary N) is 1. The number of rotatable bonds is 4. The van der Waals surface area contributed by atoms with Gasteiger partial charge in [-0.15, -0.1) is 0 Å². The summed E-state index contributed by atoms with van der Waals surface area (Å²) >= 11 is 0. The topological polar surface area (TPSA) is 37.2 Å². The summed E-state index contributed by atoms with van der Waals surface area (Å²) in [6.07, 6.45) is 8.14. The van der Waals surface area contributed by atoms with E-state index in [0.29, 0.717) is 0 Å². The monoisotopic (exact) mass is 272 g/mol. The number of fused-ring (bicyclic) bond motifs is 1. The second-order valence-corrected chi connectivity index (χ2v) is 6.14. The second kappa shape index (κ2) is 5.58. The van der Waals surface area contributed by atoms with E-state index < -0.39 is 0 Å². The lowest BCUT2D eigenvalue weighted by Crippen LogP contribution is -2.49. The molecule has 0 radical (unpaired) electrons. The van der Waals surface area contributed by atoms with Crippen LogP contribution in [0.4, 0.5) is 0 Å². The number of benzene rings is 1. The van der Waals surface area contributed by atoms with Crippen molar-refractivity contribution in [2.75, 3.05) is 6.61 Å². The van der Waals surface area contributed by atoms with Crippen LogP contribution in [-0.2, 0) is 13.6 Å². The minimum atomic E-state index is -0.0603. The Morgan fingerprint density at radius 2 is 1.95 bits per heavy atom. The molecule has 0 bridgehead atoms.